The lowest BCUT2D eigenvalue weighted by Gasteiger charge is -2.20. The Morgan fingerprint density at radius 2 is 2.25 bits per heavy atom. The molecule has 1 heterocycles. The highest BCUT2D eigenvalue weighted by molar-refractivity contribution is 5.23. The summed E-state index contributed by atoms with van der Waals surface area (Å²) in [6.07, 6.45) is 3.61. The third-order valence-corrected chi connectivity index (χ3v) is 3.13. The van der Waals surface area contributed by atoms with Crippen molar-refractivity contribution in [3.63, 3.8) is 0 Å². The molecule has 1 atom stereocenters. The molecule has 1 aliphatic carbocycles. The summed E-state index contributed by atoms with van der Waals surface area (Å²) in [5.41, 5.74) is 0. The van der Waals surface area contributed by atoms with Gasteiger partial charge in [-0.15, -0.1) is 5.10 Å². The van der Waals surface area contributed by atoms with Crippen molar-refractivity contribution in [1.29, 1.82) is 0 Å². The Kier molecular flexibility index (Phi) is 3.43. The summed E-state index contributed by atoms with van der Waals surface area (Å²) in [4.78, 5) is 2.02. The van der Waals surface area contributed by atoms with Gasteiger partial charge in [0, 0.05) is 19.1 Å². The molecule has 0 saturated heterocycles. The minimum atomic E-state index is 0.421. The molecule has 5 nitrogen and oxygen atoms in total. The summed E-state index contributed by atoms with van der Waals surface area (Å²) >= 11 is 0. The second kappa shape index (κ2) is 4.82. The fourth-order valence-electron chi connectivity index (χ4n) is 1.44. The van der Waals surface area contributed by atoms with E-state index >= 15 is 0 Å². The molecule has 0 aromatic carbocycles. The molecule has 0 bridgehead atoms. The summed E-state index contributed by atoms with van der Waals surface area (Å²) in [6.45, 7) is 4.98. The van der Waals surface area contributed by atoms with Crippen molar-refractivity contribution in [3.8, 4) is 0 Å². The Balaban J connectivity index is 1.89. The zero-order valence-corrected chi connectivity index (χ0v) is 10.2. The van der Waals surface area contributed by atoms with Crippen LogP contribution in [0.25, 0.3) is 0 Å². The van der Waals surface area contributed by atoms with Crippen LogP contribution in [0.3, 0.4) is 0 Å². The van der Waals surface area contributed by atoms with E-state index in [1.54, 1.807) is 0 Å². The normalized spacial score (nSPS) is 17.4. The van der Waals surface area contributed by atoms with Crippen LogP contribution < -0.4 is 10.2 Å². The van der Waals surface area contributed by atoms with Crippen molar-refractivity contribution in [2.24, 2.45) is 0 Å². The average molecular weight is 224 g/mol. The van der Waals surface area contributed by atoms with Gasteiger partial charge < -0.3 is 14.6 Å². The highest BCUT2D eigenvalue weighted by Crippen LogP contribution is 2.20. The van der Waals surface area contributed by atoms with Gasteiger partial charge in [0.2, 0.25) is 5.89 Å². The van der Waals surface area contributed by atoms with Crippen LogP contribution in [-0.2, 0) is 6.54 Å². The summed E-state index contributed by atoms with van der Waals surface area (Å²) in [7, 11) is 1.99. The van der Waals surface area contributed by atoms with Crippen molar-refractivity contribution in [3.05, 3.63) is 5.89 Å². The molecule has 1 aliphatic rings. The second-order valence-electron chi connectivity index (χ2n) is 4.50. The second-order valence-corrected chi connectivity index (χ2v) is 4.50. The zero-order valence-electron chi connectivity index (χ0n) is 10.2. The zero-order chi connectivity index (χ0) is 11.5. The number of nitrogens with one attached hydrogen (secondary N) is 1. The van der Waals surface area contributed by atoms with E-state index in [4.69, 9.17) is 4.42 Å². The Morgan fingerprint density at radius 3 is 2.88 bits per heavy atom. The fraction of sp³-hybridized carbons (Fsp3) is 0.818. The van der Waals surface area contributed by atoms with E-state index in [1.807, 2.05) is 11.9 Å². The van der Waals surface area contributed by atoms with Crippen molar-refractivity contribution < 1.29 is 4.42 Å². The van der Waals surface area contributed by atoms with Crippen LogP contribution in [0.15, 0.2) is 4.42 Å². The molecular weight excluding hydrogens is 204 g/mol. The van der Waals surface area contributed by atoms with Gasteiger partial charge in [-0.1, -0.05) is 12.0 Å². The molecule has 1 aromatic rings. The largest absolute Gasteiger partial charge is 0.407 e. The maximum absolute atomic E-state index is 5.59. The fourth-order valence-corrected chi connectivity index (χ4v) is 1.44. The number of aromatic nitrogens is 2. The van der Waals surface area contributed by atoms with Gasteiger partial charge in [-0.2, -0.15) is 0 Å². The molecule has 5 heteroatoms. The number of anilines is 1. The third-order valence-electron chi connectivity index (χ3n) is 3.13. The lowest BCUT2D eigenvalue weighted by atomic mass is 10.2. The van der Waals surface area contributed by atoms with Crippen LogP contribution in [0.1, 0.15) is 39.0 Å². The Morgan fingerprint density at radius 1 is 1.50 bits per heavy atom. The molecule has 1 N–H and O–H groups in total. The molecule has 1 fully saturated rings. The summed E-state index contributed by atoms with van der Waals surface area (Å²) in [6, 6.07) is 1.70. The topological polar surface area (TPSA) is 54.2 Å². The van der Waals surface area contributed by atoms with Crippen LogP contribution in [0.2, 0.25) is 0 Å². The van der Waals surface area contributed by atoms with E-state index in [1.165, 1.54) is 12.8 Å². The smallest absolute Gasteiger partial charge is 0.318 e. The first kappa shape index (κ1) is 11.4. The van der Waals surface area contributed by atoms with Gasteiger partial charge in [0.05, 0.1) is 6.54 Å². The number of hydrogen-bond donors (Lipinski definition) is 1. The van der Waals surface area contributed by atoms with Gasteiger partial charge in [-0.25, -0.2) is 0 Å². The standard InChI is InChI=1S/C11H20N4O/c1-4-8(2)15(3)11-14-13-10(16-11)7-12-9-5-6-9/h8-9,12H,4-7H2,1-3H3. The van der Waals surface area contributed by atoms with Gasteiger partial charge >= 0.3 is 6.01 Å². The predicted octanol–water partition coefficient (Wildman–Crippen LogP) is 1.56. The van der Waals surface area contributed by atoms with Gasteiger partial charge in [-0.3, -0.25) is 0 Å². The maximum atomic E-state index is 5.59. The molecule has 0 aliphatic heterocycles. The van der Waals surface area contributed by atoms with Crippen LogP contribution in [0, 0.1) is 0 Å². The van der Waals surface area contributed by atoms with Crippen molar-refractivity contribution in [2.45, 2.75) is 51.7 Å². The number of nitrogens with zero attached hydrogens (tertiary/aromatic N) is 3. The number of rotatable bonds is 6. The Labute approximate surface area is 96.2 Å². The van der Waals surface area contributed by atoms with Gasteiger partial charge in [-0.05, 0) is 26.2 Å². The van der Waals surface area contributed by atoms with Crippen molar-refractivity contribution >= 4 is 6.01 Å². The van der Waals surface area contributed by atoms with E-state index in [-0.39, 0.29) is 0 Å². The summed E-state index contributed by atoms with van der Waals surface area (Å²) in [5, 5.41) is 11.4. The Hall–Kier alpha value is -1.10. The lowest BCUT2D eigenvalue weighted by Crippen LogP contribution is -2.28. The van der Waals surface area contributed by atoms with Gasteiger partial charge in [0.25, 0.3) is 0 Å². The molecular formula is C11H20N4O. The van der Waals surface area contributed by atoms with E-state index in [0.717, 1.165) is 6.42 Å². The molecule has 1 saturated carbocycles. The van der Waals surface area contributed by atoms with Crippen LogP contribution in [-0.4, -0.2) is 29.3 Å². The van der Waals surface area contributed by atoms with Crippen molar-refractivity contribution in [2.75, 3.05) is 11.9 Å². The quantitative estimate of drug-likeness (QED) is 0.794. The highest BCUT2D eigenvalue weighted by Gasteiger charge is 2.21. The molecule has 2 rings (SSSR count). The summed E-state index contributed by atoms with van der Waals surface area (Å²) < 4.78 is 5.59. The minimum Gasteiger partial charge on any atom is -0.407 e. The van der Waals surface area contributed by atoms with E-state index in [2.05, 4.69) is 29.4 Å². The van der Waals surface area contributed by atoms with E-state index < -0.39 is 0 Å². The van der Waals surface area contributed by atoms with Crippen LogP contribution in [0.5, 0.6) is 0 Å². The van der Waals surface area contributed by atoms with Crippen LogP contribution >= 0.6 is 0 Å². The molecule has 0 radical (unpaired) electrons. The average Bonchev–Trinajstić information content (AvgIpc) is 3.02. The van der Waals surface area contributed by atoms with E-state index in [0.29, 0.717) is 30.5 Å². The first-order valence-corrected chi connectivity index (χ1v) is 5.99. The maximum Gasteiger partial charge on any atom is 0.318 e. The van der Waals surface area contributed by atoms with Crippen molar-refractivity contribution in [1.82, 2.24) is 15.5 Å². The Bertz CT molecular complexity index is 334. The van der Waals surface area contributed by atoms with E-state index in [9.17, 15) is 0 Å². The minimum absolute atomic E-state index is 0.421. The molecule has 0 amide bonds. The summed E-state index contributed by atoms with van der Waals surface area (Å²) in [5.74, 6) is 0.678. The first-order valence-electron chi connectivity index (χ1n) is 5.99. The predicted molar refractivity (Wildman–Crippen MR) is 62.3 cm³/mol. The van der Waals surface area contributed by atoms with Crippen LogP contribution in [0.4, 0.5) is 6.01 Å². The lowest BCUT2D eigenvalue weighted by molar-refractivity contribution is 0.454. The third kappa shape index (κ3) is 2.72. The molecule has 0 spiro atoms. The van der Waals surface area contributed by atoms with Gasteiger partial charge in [0.1, 0.15) is 0 Å². The highest BCUT2D eigenvalue weighted by atomic mass is 16.4. The molecule has 16 heavy (non-hydrogen) atoms. The molecule has 1 unspecified atom stereocenters. The SMILES string of the molecule is CCC(C)N(C)c1nnc(CNC2CC2)o1. The molecule has 90 valence electrons. The first-order chi connectivity index (χ1) is 7.70. The van der Waals surface area contributed by atoms with Gasteiger partial charge in [0.15, 0.2) is 0 Å². The molecule has 1 aromatic heterocycles. The number of hydrogen-bond acceptors (Lipinski definition) is 5. The monoisotopic (exact) mass is 224 g/mol.